The van der Waals surface area contributed by atoms with Gasteiger partial charge in [-0.2, -0.15) is 12.6 Å². The summed E-state index contributed by atoms with van der Waals surface area (Å²) in [5.41, 5.74) is 6.81. The van der Waals surface area contributed by atoms with E-state index in [0.717, 1.165) is 0 Å². The molecule has 0 aliphatic rings. The second kappa shape index (κ2) is 6.25. The highest BCUT2D eigenvalue weighted by Crippen LogP contribution is 2.06. The van der Waals surface area contributed by atoms with Crippen LogP contribution in [-0.2, 0) is 0 Å². The van der Waals surface area contributed by atoms with Crippen molar-refractivity contribution in [2.75, 3.05) is 6.26 Å². The number of nitrogens with two attached hydrogens (primary N) is 1. The summed E-state index contributed by atoms with van der Waals surface area (Å²) in [5, 5.41) is 0. The highest BCUT2D eigenvalue weighted by Gasteiger charge is 1.93. The zero-order valence-electron chi connectivity index (χ0n) is 6.99. The Kier molecular flexibility index (Phi) is 5.99. The summed E-state index contributed by atoms with van der Waals surface area (Å²) >= 11 is 3.53. The molecule has 0 saturated carbocycles. The minimum Gasteiger partial charge on any atom is -0.324 e. The van der Waals surface area contributed by atoms with Crippen molar-refractivity contribution in [2.45, 2.75) is 13.0 Å². The predicted octanol–water partition coefficient (Wildman–Crippen LogP) is 2.25. The summed E-state index contributed by atoms with van der Waals surface area (Å²) < 4.78 is 0. The van der Waals surface area contributed by atoms with Crippen LogP contribution in [0.2, 0.25) is 0 Å². The van der Waals surface area contributed by atoms with Crippen LogP contribution in [0.3, 0.4) is 0 Å². The molecule has 1 atom stereocenters. The molecule has 1 rings (SSSR count). The molecular formula is C9H15NS. The smallest absolute Gasteiger partial charge is 0.0266 e. The fraction of sp³-hybridized carbons (Fsp3) is 0.333. The van der Waals surface area contributed by atoms with E-state index in [1.807, 2.05) is 37.3 Å². The molecule has 0 heterocycles. The molecule has 2 N–H and O–H groups in total. The maximum Gasteiger partial charge on any atom is 0.0266 e. The SMILES string of the molecule is CS.C[C@@H](N)c1ccccc1. The number of rotatable bonds is 1. The van der Waals surface area contributed by atoms with Crippen molar-refractivity contribution in [2.24, 2.45) is 5.73 Å². The first-order chi connectivity index (χ1) is 5.30. The van der Waals surface area contributed by atoms with Gasteiger partial charge in [-0.1, -0.05) is 30.3 Å². The summed E-state index contributed by atoms with van der Waals surface area (Å²) in [5.74, 6) is 0. The van der Waals surface area contributed by atoms with E-state index in [-0.39, 0.29) is 6.04 Å². The summed E-state index contributed by atoms with van der Waals surface area (Å²) in [6.45, 7) is 1.98. The van der Waals surface area contributed by atoms with Crippen molar-refractivity contribution in [1.29, 1.82) is 0 Å². The van der Waals surface area contributed by atoms with Crippen LogP contribution in [0.5, 0.6) is 0 Å². The molecule has 0 amide bonds. The van der Waals surface area contributed by atoms with Gasteiger partial charge in [-0.15, -0.1) is 0 Å². The van der Waals surface area contributed by atoms with Crippen LogP contribution in [0.1, 0.15) is 18.5 Å². The molecule has 11 heavy (non-hydrogen) atoms. The zero-order valence-corrected chi connectivity index (χ0v) is 7.88. The second-order valence-electron chi connectivity index (χ2n) is 2.20. The second-order valence-corrected chi connectivity index (χ2v) is 2.20. The third kappa shape index (κ3) is 4.06. The molecule has 1 aromatic rings. The van der Waals surface area contributed by atoms with Gasteiger partial charge in [0.15, 0.2) is 0 Å². The van der Waals surface area contributed by atoms with E-state index >= 15 is 0 Å². The lowest BCUT2D eigenvalue weighted by Crippen LogP contribution is -2.03. The largest absolute Gasteiger partial charge is 0.324 e. The standard InChI is InChI=1S/C8H11N.CH4S/c1-7(9)8-5-3-2-4-6-8;1-2/h2-7H,9H2,1H3;2H,1H3/t7-;/m1./s1. The van der Waals surface area contributed by atoms with Gasteiger partial charge in [-0.25, -0.2) is 0 Å². The van der Waals surface area contributed by atoms with Gasteiger partial charge < -0.3 is 5.73 Å². The molecule has 0 radical (unpaired) electrons. The third-order valence-corrected chi connectivity index (χ3v) is 1.33. The van der Waals surface area contributed by atoms with Gasteiger partial charge in [-0.05, 0) is 18.7 Å². The molecule has 0 aliphatic heterocycles. The van der Waals surface area contributed by atoms with Gasteiger partial charge >= 0.3 is 0 Å². The first-order valence-corrected chi connectivity index (χ1v) is 4.45. The van der Waals surface area contributed by atoms with Crippen molar-refractivity contribution in [3.05, 3.63) is 35.9 Å². The Labute approximate surface area is 74.0 Å². The Morgan fingerprint density at radius 1 is 1.18 bits per heavy atom. The first-order valence-electron chi connectivity index (χ1n) is 3.56. The van der Waals surface area contributed by atoms with Crippen LogP contribution in [0, 0.1) is 0 Å². The van der Waals surface area contributed by atoms with Crippen LogP contribution >= 0.6 is 12.6 Å². The van der Waals surface area contributed by atoms with Gasteiger partial charge in [0.1, 0.15) is 0 Å². The molecule has 0 aliphatic carbocycles. The van der Waals surface area contributed by atoms with Crippen LogP contribution in [0.25, 0.3) is 0 Å². The lowest BCUT2D eigenvalue weighted by atomic mass is 10.1. The normalized spacial score (nSPS) is 11.3. The molecule has 2 heteroatoms. The predicted molar refractivity (Wildman–Crippen MR) is 54.0 cm³/mol. The van der Waals surface area contributed by atoms with Crippen LogP contribution in [0.4, 0.5) is 0 Å². The molecular weight excluding hydrogens is 154 g/mol. The van der Waals surface area contributed by atoms with Crippen molar-refractivity contribution < 1.29 is 0 Å². The molecule has 1 nitrogen and oxygen atoms in total. The van der Waals surface area contributed by atoms with Gasteiger partial charge in [-0.3, -0.25) is 0 Å². The fourth-order valence-electron chi connectivity index (χ4n) is 0.757. The Morgan fingerprint density at radius 2 is 1.64 bits per heavy atom. The van der Waals surface area contributed by atoms with Crippen molar-refractivity contribution in [3.63, 3.8) is 0 Å². The number of hydrogen-bond donors (Lipinski definition) is 2. The maximum absolute atomic E-state index is 5.61. The average Bonchev–Trinajstić information content (AvgIpc) is 2.10. The van der Waals surface area contributed by atoms with Crippen LogP contribution < -0.4 is 5.73 Å². The maximum atomic E-state index is 5.61. The minimum absolute atomic E-state index is 0.159. The summed E-state index contributed by atoms with van der Waals surface area (Å²) in [6.07, 6.45) is 1.69. The highest BCUT2D eigenvalue weighted by molar-refractivity contribution is 7.79. The van der Waals surface area contributed by atoms with Gasteiger partial charge in [0.2, 0.25) is 0 Å². The quantitative estimate of drug-likeness (QED) is 0.620. The highest BCUT2D eigenvalue weighted by atomic mass is 32.1. The van der Waals surface area contributed by atoms with E-state index in [0.29, 0.717) is 0 Å². The Hall–Kier alpha value is -0.470. The molecule has 0 saturated heterocycles. The van der Waals surface area contributed by atoms with E-state index in [1.54, 1.807) is 6.26 Å². The monoisotopic (exact) mass is 169 g/mol. The number of benzene rings is 1. The topological polar surface area (TPSA) is 26.0 Å². The molecule has 0 unspecified atom stereocenters. The lowest BCUT2D eigenvalue weighted by molar-refractivity contribution is 0.818. The number of thiol groups is 1. The Morgan fingerprint density at radius 3 is 1.91 bits per heavy atom. The fourth-order valence-corrected chi connectivity index (χ4v) is 0.757. The summed E-state index contributed by atoms with van der Waals surface area (Å²) in [4.78, 5) is 0. The van der Waals surface area contributed by atoms with Crippen LogP contribution in [-0.4, -0.2) is 6.26 Å². The van der Waals surface area contributed by atoms with E-state index < -0.39 is 0 Å². The van der Waals surface area contributed by atoms with E-state index in [9.17, 15) is 0 Å². The average molecular weight is 169 g/mol. The van der Waals surface area contributed by atoms with E-state index in [2.05, 4.69) is 12.6 Å². The molecule has 62 valence electrons. The Bertz CT molecular complexity index is 172. The molecule has 0 fully saturated rings. The molecule has 1 aromatic carbocycles. The Balaban J connectivity index is 0.000000461. The van der Waals surface area contributed by atoms with Crippen molar-refractivity contribution in [1.82, 2.24) is 0 Å². The number of hydrogen-bond acceptors (Lipinski definition) is 2. The van der Waals surface area contributed by atoms with Crippen LogP contribution in [0.15, 0.2) is 30.3 Å². The molecule has 0 spiro atoms. The molecule has 0 aromatic heterocycles. The van der Waals surface area contributed by atoms with Gasteiger partial charge in [0.05, 0.1) is 0 Å². The van der Waals surface area contributed by atoms with Crippen molar-refractivity contribution in [3.8, 4) is 0 Å². The van der Waals surface area contributed by atoms with E-state index in [4.69, 9.17) is 5.73 Å². The first kappa shape index (κ1) is 10.5. The third-order valence-electron chi connectivity index (χ3n) is 1.33. The summed E-state index contributed by atoms with van der Waals surface area (Å²) in [6, 6.07) is 10.2. The minimum atomic E-state index is 0.159. The van der Waals surface area contributed by atoms with Gasteiger partial charge in [0, 0.05) is 6.04 Å². The molecule has 0 bridgehead atoms. The lowest BCUT2D eigenvalue weighted by Gasteiger charge is -2.02. The van der Waals surface area contributed by atoms with Gasteiger partial charge in [0.25, 0.3) is 0 Å². The summed E-state index contributed by atoms with van der Waals surface area (Å²) in [7, 11) is 0. The van der Waals surface area contributed by atoms with Crippen molar-refractivity contribution >= 4 is 12.6 Å². The zero-order chi connectivity index (χ0) is 8.69. The van der Waals surface area contributed by atoms with E-state index in [1.165, 1.54) is 5.56 Å².